The summed E-state index contributed by atoms with van der Waals surface area (Å²) in [5.74, 6) is -0.886. The summed E-state index contributed by atoms with van der Waals surface area (Å²) >= 11 is 1.41. The number of rotatable bonds is 6. The van der Waals surface area contributed by atoms with Gasteiger partial charge in [-0.15, -0.1) is 0 Å². The van der Waals surface area contributed by atoms with E-state index in [9.17, 15) is 14.0 Å². The predicted molar refractivity (Wildman–Crippen MR) is 124 cm³/mol. The van der Waals surface area contributed by atoms with Crippen molar-refractivity contribution in [1.82, 2.24) is 4.90 Å². The molecule has 1 amide bonds. The molecule has 1 unspecified atom stereocenters. The highest BCUT2D eigenvalue weighted by Gasteiger charge is 2.37. The third-order valence-corrected chi connectivity index (χ3v) is 6.38. The third kappa shape index (κ3) is 4.75. The van der Waals surface area contributed by atoms with Crippen LogP contribution in [-0.2, 0) is 16.1 Å². The largest absolute Gasteiger partial charge is 0.462 e. The van der Waals surface area contributed by atoms with Crippen molar-refractivity contribution >= 4 is 29.7 Å². The summed E-state index contributed by atoms with van der Waals surface area (Å²) in [4.78, 5) is 27.5. The Morgan fingerprint density at radius 3 is 2.41 bits per heavy atom. The Balaban J connectivity index is 1.63. The molecule has 0 aliphatic carbocycles. The number of hydrogen-bond donors (Lipinski definition) is 0. The third-order valence-electron chi connectivity index (χ3n) is 5.09. The fourth-order valence-electron chi connectivity index (χ4n) is 3.49. The molecule has 0 saturated carbocycles. The van der Waals surface area contributed by atoms with Crippen molar-refractivity contribution in [2.24, 2.45) is 0 Å². The van der Waals surface area contributed by atoms with Crippen LogP contribution in [0.25, 0.3) is 6.08 Å². The second-order valence-corrected chi connectivity index (χ2v) is 8.38. The Morgan fingerprint density at radius 1 is 1.03 bits per heavy atom. The maximum atomic E-state index is 14.2. The van der Waals surface area contributed by atoms with Gasteiger partial charge >= 0.3 is 5.97 Å². The molecule has 3 aromatic rings. The molecule has 1 fully saturated rings. The average molecular weight is 448 g/mol. The number of thioether (sulfide) groups is 1. The van der Waals surface area contributed by atoms with Gasteiger partial charge in [-0.05, 0) is 42.3 Å². The van der Waals surface area contributed by atoms with E-state index in [0.717, 1.165) is 11.1 Å². The summed E-state index contributed by atoms with van der Waals surface area (Å²) in [6.07, 6.45) is 1.61. The van der Waals surface area contributed by atoms with Gasteiger partial charge in [0.1, 0.15) is 11.2 Å². The number of hydrogen-bond acceptors (Lipinski definition) is 4. The van der Waals surface area contributed by atoms with E-state index in [1.807, 2.05) is 42.5 Å². The Hall–Kier alpha value is -3.38. The molecule has 32 heavy (non-hydrogen) atoms. The van der Waals surface area contributed by atoms with E-state index in [2.05, 4.69) is 0 Å². The van der Waals surface area contributed by atoms with E-state index in [4.69, 9.17) is 4.74 Å². The van der Waals surface area contributed by atoms with Crippen molar-refractivity contribution in [2.75, 3.05) is 6.61 Å². The molecular weight excluding hydrogens is 425 g/mol. The first-order valence-corrected chi connectivity index (χ1v) is 11.2. The maximum absolute atomic E-state index is 14.2. The van der Waals surface area contributed by atoms with Crippen LogP contribution in [-0.4, -0.2) is 23.4 Å². The van der Waals surface area contributed by atoms with Crippen LogP contribution in [0.4, 0.5) is 4.39 Å². The molecule has 4 nitrogen and oxygen atoms in total. The molecule has 0 radical (unpaired) electrons. The van der Waals surface area contributed by atoms with Crippen LogP contribution in [0.2, 0.25) is 0 Å². The van der Waals surface area contributed by atoms with Crippen LogP contribution in [0.5, 0.6) is 0 Å². The lowest BCUT2D eigenvalue weighted by Gasteiger charge is -2.24. The minimum Gasteiger partial charge on any atom is -0.462 e. The zero-order valence-electron chi connectivity index (χ0n) is 17.5. The van der Waals surface area contributed by atoms with E-state index in [1.54, 1.807) is 48.2 Å². The van der Waals surface area contributed by atoms with Gasteiger partial charge in [0.15, 0.2) is 0 Å². The van der Waals surface area contributed by atoms with E-state index < -0.39 is 0 Å². The van der Waals surface area contributed by atoms with Crippen LogP contribution in [0.15, 0.2) is 83.8 Å². The predicted octanol–water partition coefficient (Wildman–Crippen LogP) is 5.82. The molecule has 0 N–H and O–H groups in total. The molecule has 1 heterocycles. The molecule has 0 spiro atoms. The van der Waals surface area contributed by atoms with Gasteiger partial charge in [0, 0.05) is 12.1 Å². The maximum Gasteiger partial charge on any atom is 0.338 e. The lowest BCUT2D eigenvalue weighted by molar-refractivity contribution is -0.126. The number of nitrogens with zero attached hydrogens (tertiary/aromatic N) is 1. The fourth-order valence-corrected chi connectivity index (χ4v) is 4.73. The minimum absolute atomic E-state index is 0.151. The Bertz CT molecular complexity index is 1150. The smallest absolute Gasteiger partial charge is 0.338 e. The number of carbonyl (C=O) groups is 2. The summed E-state index contributed by atoms with van der Waals surface area (Å²) in [5.41, 5.74) is 2.74. The fraction of sp³-hybridized carbons (Fsp3) is 0.154. The highest BCUT2D eigenvalue weighted by Crippen LogP contribution is 2.46. The van der Waals surface area contributed by atoms with Gasteiger partial charge in [-0.25, -0.2) is 9.18 Å². The Kier molecular flexibility index (Phi) is 6.71. The van der Waals surface area contributed by atoms with E-state index in [1.165, 1.54) is 17.8 Å². The molecule has 1 aliphatic heterocycles. The van der Waals surface area contributed by atoms with Crippen molar-refractivity contribution in [3.63, 3.8) is 0 Å². The number of carbonyl (C=O) groups excluding carboxylic acids is 2. The highest BCUT2D eigenvalue weighted by atomic mass is 32.2. The second kappa shape index (κ2) is 9.83. The molecule has 1 aliphatic rings. The minimum atomic E-state index is -0.371. The van der Waals surface area contributed by atoms with Gasteiger partial charge in [-0.3, -0.25) is 4.79 Å². The first-order chi connectivity index (χ1) is 15.6. The summed E-state index contributed by atoms with van der Waals surface area (Å²) < 4.78 is 19.2. The summed E-state index contributed by atoms with van der Waals surface area (Å²) in [6, 6.07) is 23.2. The van der Waals surface area contributed by atoms with Crippen LogP contribution < -0.4 is 0 Å². The molecule has 0 bridgehead atoms. The molecule has 1 saturated heterocycles. The van der Waals surface area contributed by atoms with Gasteiger partial charge in [0.25, 0.3) is 5.91 Å². The van der Waals surface area contributed by atoms with Gasteiger partial charge in [-0.1, -0.05) is 72.4 Å². The zero-order valence-corrected chi connectivity index (χ0v) is 18.3. The molecule has 0 aromatic heterocycles. The topological polar surface area (TPSA) is 46.6 Å². The van der Waals surface area contributed by atoms with Gasteiger partial charge < -0.3 is 9.64 Å². The lowest BCUT2D eigenvalue weighted by atomic mass is 10.1. The van der Waals surface area contributed by atoms with Crippen LogP contribution in [0, 0.1) is 5.82 Å². The number of esters is 1. The molecule has 162 valence electrons. The van der Waals surface area contributed by atoms with Gasteiger partial charge in [0.2, 0.25) is 0 Å². The van der Waals surface area contributed by atoms with Crippen molar-refractivity contribution in [1.29, 1.82) is 0 Å². The van der Waals surface area contributed by atoms with Crippen molar-refractivity contribution < 1.29 is 18.7 Å². The highest BCUT2D eigenvalue weighted by molar-refractivity contribution is 8.04. The SMILES string of the molecule is CCOC(=O)c1ccc(CN2C(=O)/C(=C/c3ccccc3F)SC2c2ccccc2)cc1. The monoisotopic (exact) mass is 447 g/mol. The number of halogens is 1. The summed E-state index contributed by atoms with van der Waals surface area (Å²) in [6.45, 7) is 2.44. The van der Waals surface area contributed by atoms with Crippen molar-refractivity contribution in [3.05, 3.63) is 112 Å². The van der Waals surface area contributed by atoms with E-state index in [0.29, 0.717) is 29.2 Å². The van der Waals surface area contributed by atoms with Crippen molar-refractivity contribution in [3.8, 4) is 0 Å². The van der Waals surface area contributed by atoms with Crippen LogP contribution in [0.1, 0.15) is 39.3 Å². The second-order valence-electron chi connectivity index (χ2n) is 7.26. The average Bonchev–Trinajstić information content (AvgIpc) is 3.12. The standard InChI is InChI=1S/C26H22FNO3S/c1-2-31-26(30)20-14-12-18(13-15-20)17-28-24(29)23(16-21-10-6-7-11-22(21)27)32-25(28)19-8-4-3-5-9-19/h3-16,25H,2,17H2,1H3/b23-16-. The van der Waals surface area contributed by atoms with Crippen LogP contribution in [0.3, 0.4) is 0 Å². The van der Waals surface area contributed by atoms with Gasteiger partial charge in [-0.2, -0.15) is 0 Å². The normalized spacial score (nSPS) is 17.1. The number of amides is 1. The first kappa shape index (κ1) is 21.8. The molecule has 4 rings (SSSR count). The molecule has 3 aromatic carbocycles. The van der Waals surface area contributed by atoms with Crippen molar-refractivity contribution in [2.45, 2.75) is 18.8 Å². The van der Waals surface area contributed by atoms with E-state index in [-0.39, 0.29) is 23.1 Å². The summed E-state index contributed by atoms with van der Waals surface area (Å²) in [5, 5.41) is -0.230. The zero-order chi connectivity index (χ0) is 22.5. The molecular formula is C26H22FNO3S. The molecule has 1 atom stereocenters. The number of ether oxygens (including phenoxy) is 1. The van der Waals surface area contributed by atoms with Gasteiger partial charge in [0.05, 0.1) is 17.1 Å². The lowest BCUT2D eigenvalue weighted by Crippen LogP contribution is -2.27. The first-order valence-electron chi connectivity index (χ1n) is 10.3. The van der Waals surface area contributed by atoms with E-state index >= 15 is 0 Å². The Labute approximate surface area is 190 Å². The summed E-state index contributed by atoms with van der Waals surface area (Å²) in [7, 11) is 0. The quantitative estimate of drug-likeness (QED) is 0.353. The number of benzene rings is 3. The molecule has 6 heteroatoms. The Morgan fingerprint density at radius 2 is 1.72 bits per heavy atom. The van der Waals surface area contributed by atoms with Crippen LogP contribution >= 0.6 is 11.8 Å².